The quantitative estimate of drug-likeness (QED) is 0.124. The molecule has 0 aliphatic carbocycles. The van der Waals surface area contributed by atoms with Crippen molar-refractivity contribution in [2.24, 2.45) is 5.10 Å². The summed E-state index contributed by atoms with van der Waals surface area (Å²) in [5.41, 5.74) is 3.61. The molecule has 0 bridgehead atoms. The number of carbonyl (C=O) groups is 3. The van der Waals surface area contributed by atoms with Crippen LogP contribution in [0.1, 0.15) is 26.3 Å². The molecule has 0 aromatic heterocycles. The maximum absolute atomic E-state index is 12.4. The molecule has 0 radical (unpaired) electrons. The van der Waals surface area contributed by atoms with Gasteiger partial charge in [-0.25, -0.2) is 10.2 Å². The summed E-state index contributed by atoms with van der Waals surface area (Å²) in [7, 11) is 1.42. The average Bonchev–Trinajstić information content (AvgIpc) is 2.85. The van der Waals surface area contributed by atoms with E-state index in [0.717, 1.165) is 3.57 Å². The smallest absolute Gasteiger partial charge is 0.343 e. The third kappa shape index (κ3) is 7.41. The molecule has 3 rings (SSSR count). The molecular weight excluding hydrogens is 608 g/mol. The largest absolute Gasteiger partial charge is 0.493 e. The zero-order valence-corrected chi connectivity index (χ0v) is 21.8. The number of methoxy groups -OCH3 is 1. The van der Waals surface area contributed by atoms with Crippen molar-refractivity contribution >= 4 is 69.8 Å². The number of nitrogens with one attached hydrogen (secondary N) is 2. The summed E-state index contributed by atoms with van der Waals surface area (Å²) < 4.78 is 11.5. The zero-order valence-electron chi connectivity index (χ0n) is 18.2. The molecule has 0 saturated carbocycles. The number of hydrogen-bond donors (Lipinski definition) is 2. The van der Waals surface area contributed by atoms with Crippen molar-refractivity contribution in [1.29, 1.82) is 0 Å². The topological polar surface area (TPSA) is 106 Å². The predicted octanol–water partition coefficient (Wildman–Crippen LogP) is 4.71. The second-order valence-electron chi connectivity index (χ2n) is 6.88. The lowest BCUT2D eigenvalue weighted by atomic mass is 10.2. The van der Waals surface area contributed by atoms with Gasteiger partial charge in [0, 0.05) is 3.57 Å². The molecule has 0 unspecified atom stereocenters. The van der Waals surface area contributed by atoms with Crippen molar-refractivity contribution < 1.29 is 23.9 Å². The van der Waals surface area contributed by atoms with Gasteiger partial charge in [0.25, 0.3) is 11.8 Å². The van der Waals surface area contributed by atoms with Gasteiger partial charge < -0.3 is 14.8 Å². The van der Waals surface area contributed by atoms with Gasteiger partial charge in [-0.15, -0.1) is 0 Å². The summed E-state index contributed by atoms with van der Waals surface area (Å²) in [6.07, 6.45) is 1.38. The number of ether oxygens (including phenoxy) is 2. The van der Waals surface area contributed by atoms with Crippen LogP contribution in [0.2, 0.25) is 10.0 Å². The molecule has 35 heavy (non-hydrogen) atoms. The Morgan fingerprint density at radius 1 is 1.00 bits per heavy atom. The minimum atomic E-state index is -0.636. The summed E-state index contributed by atoms with van der Waals surface area (Å²) in [5.74, 6) is -1.03. The van der Waals surface area contributed by atoms with E-state index < -0.39 is 11.9 Å². The highest BCUT2D eigenvalue weighted by atomic mass is 127. The Kier molecular flexibility index (Phi) is 9.47. The second kappa shape index (κ2) is 12.5. The number of esters is 1. The van der Waals surface area contributed by atoms with E-state index in [4.69, 9.17) is 32.7 Å². The van der Waals surface area contributed by atoms with Crippen LogP contribution in [0.15, 0.2) is 65.8 Å². The molecule has 2 amide bonds. The lowest BCUT2D eigenvalue weighted by Crippen LogP contribution is -2.35. The van der Waals surface area contributed by atoms with Gasteiger partial charge in [-0.1, -0.05) is 35.3 Å². The first kappa shape index (κ1) is 26.5. The Morgan fingerprint density at radius 3 is 2.49 bits per heavy atom. The summed E-state index contributed by atoms with van der Waals surface area (Å²) in [6, 6.07) is 16.2. The lowest BCUT2D eigenvalue weighted by Gasteiger charge is -2.10. The van der Waals surface area contributed by atoms with E-state index >= 15 is 0 Å². The number of hydrogen-bond acceptors (Lipinski definition) is 6. The van der Waals surface area contributed by atoms with Crippen LogP contribution in [-0.4, -0.2) is 37.7 Å². The summed E-state index contributed by atoms with van der Waals surface area (Å²) in [5, 5.41) is 6.97. The Bertz CT molecular complexity index is 1300. The van der Waals surface area contributed by atoms with Crippen molar-refractivity contribution in [3.05, 3.63) is 91.0 Å². The van der Waals surface area contributed by atoms with Crippen LogP contribution in [0, 0.1) is 3.57 Å². The van der Waals surface area contributed by atoms with Gasteiger partial charge in [0.1, 0.15) is 0 Å². The number of carbonyl (C=O) groups excluding carboxylic acids is 3. The number of amides is 2. The molecule has 0 spiro atoms. The van der Waals surface area contributed by atoms with Gasteiger partial charge in [-0.3, -0.25) is 9.59 Å². The van der Waals surface area contributed by atoms with E-state index in [2.05, 4.69) is 15.8 Å². The average molecular weight is 626 g/mol. The molecule has 11 heteroatoms. The highest BCUT2D eigenvalue weighted by molar-refractivity contribution is 14.1. The fourth-order valence-corrected chi connectivity index (χ4v) is 3.68. The molecule has 0 aliphatic rings. The number of halogens is 3. The first-order chi connectivity index (χ1) is 16.8. The highest BCUT2D eigenvalue weighted by Crippen LogP contribution is 2.29. The van der Waals surface area contributed by atoms with Gasteiger partial charge in [0.15, 0.2) is 11.5 Å². The van der Waals surface area contributed by atoms with Gasteiger partial charge in [-0.05, 0) is 76.7 Å². The van der Waals surface area contributed by atoms with Gasteiger partial charge in [0.2, 0.25) is 0 Å². The molecule has 8 nitrogen and oxygen atoms in total. The molecule has 0 fully saturated rings. The third-order valence-electron chi connectivity index (χ3n) is 4.48. The molecule has 3 aromatic carbocycles. The van der Waals surface area contributed by atoms with E-state index in [1.165, 1.54) is 37.6 Å². The monoisotopic (exact) mass is 625 g/mol. The zero-order chi connectivity index (χ0) is 25.4. The third-order valence-corrected chi connectivity index (χ3v) is 6.16. The molecule has 3 aromatic rings. The van der Waals surface area contributed by atoms with Crippen molar-refractivity contribution in [3.8, 4) is 11.5 Å². The Balaban J connectivity index is 1.56. The van der Waals surface area contributed by atoms with Crippen LogP contribution in [-0.2, 0) is 4.79 Å². The Labute approximate surface area is 224 Å². The standard InChI is InChI=1S/C24H18Cl2IN3O5/c1-34-21-10-14(6-9-20(21)35-24(33)15-7-8-17(25)18(26)11-15)12-29-30-22(31)13-28-23(32)16-4-2-3-5-19(16)27/h2-12H,13H2,1H3,(H,28,32)(H,30,31)/b29-12+. The number of rotatable bonds is 8. The van der Waals surface area contributed by atoms with Crippen LogP contribution in [0.4, 0.5) is 0 Å². The number of nitrogens with zero attached hydrogens (tertiary/aromatic N) is 1. The van der Waals surface area contributed by atoms with Gasteiger partial charge in [-0.2, -0.15) is 5.10 Å². The van der Waals surface area contributed by atoms with E-state index in [9.17, 15) is 14.4 Å². The van der Waals surface area contributed by atoms with E-state index in [1.54, 1.807) is 30.3 Å². The molecule has 2 N–H and O–H groups in total. The number of benzene rings is 3. The second-order valence-corrected chi connectivity index (χ2v) is 8.86. The minimum Gasteiger partial charge on any atom is -0.493 e. The molecule has 0 atom stereocenters. The van der Waals surface area contributed by atoms with E-state index in [0.29, 0.717) is 16.1 Å². The first-order valence-electron chi connectivity index (χ1n) is 9.98. The maximum Gasteiger partial charge on any atom is 0.343 e. The molecule has 0 saturated heterocycles. The van der Waals surface area contributed by atoms with Gasteiger partial charge >= 0.3 is 5.97 Å². The van der Waals surface area contributed by atoms with Crippen molar-refractivity contribution in [3.63, 3.8) is 0 Å². The SMILES string of the molecule is COc1cc(/C=N/NC(=O)CNC(=O)c2ccccc2I)ccc1OC(=O)c1ccc(Cl)c(Cl)c1. The minimum absolute atomic E-state index is 0.183. The summed E-state index contributed by atoms with van der Waals surface area (Å²) in [4.78, 5) is 36.6. The fraction of sp³-hybridized carbons (Fsp3) is 0.0833. The van der Waals surface area contributed by atoms with Crippen molar-refractivity contribution in [1.82, 2.24) is 10.7 Å². The Hall–Kier alpha value is -3.15. The van der Waals surface area contributed by atoms with Gasteiger partial charge in [0.05, 0.1) is 41.0 Å². The number of hydrazone groups is 1. The van der Waals surface area contributed by atoms with E-state index in [1.807, 2.05) is 28.7 Å². The first-order valence-corrected chi connectivity index (χ1v) is 11.8. The van der Waals surface area contributed by atoms with Crippen LogP contribution < -0.4 is 20.2 Å². The molecular formula is C24H18Cl2IN3O5. The summed E-state index contributed by atoms with van der Waals surface area (Å²) >= 11 is 13.9. The van der Waals surface area contributed by atoms with Crippen LogP contribution in [0.3, 0.4) is 0 Å². The predicted molar refractivity (Wildman–Crippen MR) is 142 cm³/mol. The fourth-order valence-electron chi connectivity index (χ4n) is 2.75. The van der Waals surface area contributed by atoms with Crippen LogP contribution >= 0.6 is 45.8 Å². The maximum atomic E-state index is 12.4. The Morgan fingerprint density at radius 2 is 1.77 bits per heavy atom. The van der Waals surface area contributed by atoms with E-state index in [-0.39, 0.29) is 34.5 Å². The van der Waals surface area contributed by atoms with Crippen molar-refractivity contribution in [2.45, 2.75) is 0 Å². The molecule has 0 aliphatic heterocycles. The highest BCUT2D eigenvalue weighted by Gasteiger charge is 2.14. The normalized spacial score (nSPS) is 10.6. The molecule has 0 heterocycles. The van der Waals surface area contributed by atoms with Crippen LogP contribution in [0.25, 0.3) is 0 Å². The molecule has 180 valence electrons. The van der Waals surface area contributed by atoms with Crippen molar-refractivity contribution in [2.75, 3.05) is 13.7 Å². The lowest BCUT2D eigenvalue weighted by molar-refractivity contribution is -0.120. The summed E-state index contributed by atoms with van der Waals surface area (Å²) in [6.45, 7) is -0.242. The van der Waals surface area contributed by atoms with Crippen LogP contribution in [0.5, 0.6) is 11.5 Å².